The number of aryl methyl sites for hydroxylation is 2. The first kappa shape index (κ1) is 12.6. The minimum Gasteiger partial charge on any atom is -0.492 e. The van der Waals surface area contributed by atoms with Gasteiger partial charge in [-0.2, -0.15) is 0 Å². The fourth-order valence-electron chi connectivity index (χ4n) is 1.92. The smallest absolute Gasteiger partial charge is 0.377 e. The lowest BCUT2D eigenvalue weighted by atomic mass is 10.0. The maximum Gasteiger partial charge on any atom is 0.377 e. The fourth-order valence-corrected chi connectivity index (χ4v) is 1.92. The van der Waals surface area contributed by atoms with Crippen LogP contribution in [0, 0.1) is 19.8 Å². The van der Waals surface area contributed by atoms with Crippen molar-refractivity contribution < 1.29 is 19.4 Å². The molecule has 96 valence electrons. The lowest BCUT2D eigenvalue weighted by Gasteiger charge is -2.13. The number of carbonyl (C=O) groups excluding carboxylic acids is 1. The summed E-state index contributed by atoms with van der Waals surface area (Å²) in [5.74, 6) is -1.39. The second-order valence-corrected chi connectivity index (χ2v) is 4.85. The normalized spacial score (nSPS) is 14.3. The van der Waals surface area contributed by atoms with Crippen molar-refractivity contribution in [3.8, 4) is 5.75 Å². The average molecular weight is 248 g/mol. The largest absolute Gasteiger partial charge is 0.492 e. The maximum absolute atomic E-state index is 11.7. The molecule has 0 radical (unpaired) electrons. The molecule has 4 nitrogen and oxygen atoms in total. The first-order chi connectivity index (χ1) is 8.49. The third-order valence-electron chi connectivity index (χ3n) is 3.02. The van der Waals surface area contributed by atoms with Gasteiger partial charge in [-0.25, -0.2) is 4.79 Å². The van der Waals surface area contributed by atoms with E-state index in [4.69, 9.17) is 9.84 Å². The molecule has 1 fully saturated rings. The molecule has 0 saturated heterocycles. The number of carboxylic acids is 1. The molecule has 0 aliphatic heterocycles. The van der Waals surface area contributed by atoms with Crippen molar-refractivity contribution in [3.63, 3.8) is 0 Å². The van der Waals surface area contributed by atoms with E-state index in [-0.39, 0.29) is 5.56 Å². The van der Waals surface area contributed by atoms with Crippen LogP contribution in [0.3, 0.4) is 0 Å². The predicted molar refractivity (Wildman–Crippen MR) is 66.1 cm³/mol. The molecule has 0 heterocycles. The number of carbonyl (C=O) groups is 2. The van der Waals surface area contributed by atoms with Crippen molar-refractivity contribution >= 4 is 11.8 Å². The van der Waals surface area contributed by atoms with Crippen LogP contribution in [0.4, 0.5) is 0 Å². The lowest BCUT2D eigenvalue weighted by Crippen LogP contribution is -2.16. The van der Waals surface area contributed by atoms with Crippen molar-refractivity contribution in [2.45, 2.75) is 26.7 Å². The Morgan fingerprint density at radius 1 is 1.33 bits per heavy atom. The highest BCUT2D eigenvalue weighted by Crippen LogP contribution is 2.32. The molecule has 2 rings (SSSR count). The van der Waals surface area contributed by atoms with Gasteiger partial charge in [0.25, 0.3) is 5.78 Å². The van der Waals surface area contributed by atoms with Gasteiger partial charge in [0.1, 0.15) is 5.75 Å². The van der Waals surface area contributed by atoms with Crippen LogP contribution >= 0.6 is 0 Å². The van der Waals surface area contributed by atoms with E-state index in [1.807, 2.05) is 19.9 Å². The Kier molecular flexibility index (Phi) is 3.36. The van der Waals surface area contributed by atoms with Gasteiger partial charge in [-0.05, 0) is 49.8 Å². The topological polar surface area (TPSA) is 63.6 Å². The highest BCUT2D eigenvalue weighted by Gasteiger charge is 2.25. The van der Waals surface area contributed by atoms with Crippen LogP contribution in [0.2, 0.25) is 0 Å². The molecule has 0 unspecified atom stereocenters. The Morgan fingerprint density at radius 2 is 2.00 bits per heavy atom. The van der Waals surface area contributed by atoms with Crippen molar-refractivity contribution in [1.82, 2.24) is 0 Å². The maximum atomic E-state index is 11.7. The summed E-state index contributed by atoms with van der Waals surface area (Å²) < 4.78 is 5.63. The summed E-state index contributed by atoms with van der Waals surface area (Å²) in [6.45, 7) is 4.22. The second-order valence-electron chi connectivity index (χ2n) is 4.85. The number of ether oxygens (including phenoxy) is 1. The summed E-state index contributed by atoms with van der Waals surface area (Å²) in [5, 5.41) is 8.83. The van der Waals surface area contributed by atoms with Gasteiger partial charge in [-0.3, -0.25) is 4.79 Å². The Morgan fingerprint density at radius 3 is 2.56 bits per heavy atom. The fraction of sp³-hybridized carbons (Fsp3) is 0.429. The molecule has 0 bridgehead atoms. The molecule has 0 atom stereocenters. The van der Waals surface area contributed by atoms with Gasteiger partial charge < -0.3 is 9.84 Å². The lowest BCUT2D eigenvalue weighted by molar-refractivity contribution is -0.131. The summed E-state index contributed by atoms with van der Waals surface area (Å²) >= 11 is 0. The Bertz CT molecular complexity index is 501. The molecule has 1 aromatic rings. The quantitative estimate of drug-likeness (QED) is 0.641. The van der Waals surface area contributed by atoms with Gasteiger partial charge in [0.15, 0.2) is 0 Å². The second kappa shape index (κ2) is 4.80. The standard InChI is InChI=1S/C14H16O4/c1-8-5-9(2)13(18-7-10-3-4-10)11(6-8)12(15)14(16)17/h5-6,10H,3-4,7H2,1-2H3,(H,16,17). The molecule has 1 aliphatic carbocycles. The minimum absolute atomic E-state index is 0.153. The van der Waals surface area contributed by atoms with E-state index < -0.39 is 11.8 Å². The molecule has 1 saturated carbocycles. The molecule has 1 aromatic carbocycles. The number of rotatable bonds is 5. The SMILES string of the molecule is Cc1cc(C)c(OCC2CC2)c(C(=O)C(=O)O)c1. The zero-order valence-electron chi connectivity index (χ0n) is 10.5. The van der Waals surface area contributed by atoms with Gasteiger partial charge >= 0.3 is 5.97 Å². The number of hydrogen-bond acceptors (Lipinski definition) is 3. The van der Waals surface area contributed by atoms with E-state index >= 15 is 0 Å². The summed E-state index contributed by atoms with van der Waals surface area (Å²) in [6.07, 6.45) is 2.29. The third kappa shape index (κ3) is 2.70. The van der Waals surface area contributed by atoms with Crippen LogP contribution in [-0.2, 0) is 4.79 Å². The van der Waals surface area contributed by atoms with E-state index in [0.717, 1.165) is 24.0 Å². The minimum atomic E-state index is -1.45. The van der Waals surface area contributed by atoms with E-state index in [2.05, 4.69) is 0 Å². The molecule has 0 amide bonds. The number of Topliss-reactive ketones (excluding diaryl/α,β-unsaturated/α-hetero) is 1. The monoisotopic (exact) mass is 248 g/mol. The predicted octanol–water partition coefficient (Wildman–Crippen LogP) is 2.36. The molecule has 0 spiro atoms. The number of hydrogen-bond donors (Lipinski definition) is 1. The number of carboxylic acid groups (broad SMARTS) is 1. The molecule has 0 aromatic heterocycles. The van der Waals surface area contributed by atoms with E-state index in [9.17, 15) is 9.59 Å². The van der Waals surface area contributed by atoms with Gasteiger partial charge in [-0.15, -0.1) is 0 Å². The van der Waals surface area contributed by atoms with Crippen LogP contribution in [-0.4, -0.2) is 23.5 Å². The Labute approximate surface area is 106 Å². The highest BCUT2D eigenvalue weighted by molar-refractivity contribution is 6.40. The van der Waals surface area contributed by atoms with Gasteiger partial charge in [0.05, 0.1) is 12.2 Å². The van der Waals surface area contributed by atoms with Crippen molar-refractivity contribution in [2.75, 3.05) is 6.61 Å². The first-order valence-corrected chi connectivity index (χ1v) is 6.00. The number of ketones is 1. The van der Waals surface area contributed by atoms with Crippen molar-refractivity contribution in [2.24, 2.45) is 5.92 Å². The molecular weight excluding hydrogens is 232 g/mol. The summed E-state index contributed by atoms with van der Waals surface area (Å²) in [7, 11) is 0. The molecule has 1 aliphatic rings. The number of benzene rings is 1. The zero-order valence-corrected chi connectivity index (χ0v) is 10.5. The van der Waals surface area contributed by atoms with Crippen LogP contribution < -0.4 is 4.74 Å². The molecular formula is C14H16O4. The summed E-state index contributed by atoms with van der Waals surface area (Å²) in [5.41, 5.74) is 1.82. The molecule has 1 N–H and O–H groups in total. The Hall–Kier alpha value is -1.84. The third-order valence-corrected chi connectivity index (χ3v) is 3.02. The number of aliphatic carboxylic acids is 1. The summed E-state index contributed by atoms with van der Waals surface area (Å²) in [6, 6.07) is 3.46. The summed E-state index contributed by atoms with van der Waals surface area (Å²) in [4.78, 5) is 22.5. The zero-order chi connectivity index (χ0) is 13.3. The van der Waals surface area contributed by atoms with Crippen LogP contribution in [0.1, 0.15) is 34.3 Å². The van der Waals surface area contributed by atoms with Gasteiger partial charge in [0, 0.05) is 0 Å². The van der Waals surface area contributed by atoms with Crippen molar-refractivity contribution in [3.05, 3.63) is 28.8 Å². The van der Waals surface area contributed by atoms with E-state index in [0.29, 0.717) is 18.3 Å². The van der Waals surface area contributed by atoms with Crippen LogP contribution in [0.15, 0.2) is 12.1 Å². The van der Waals surface area contributed by atoms with Crippen LogP contribution in [0.25, 0.3) is 0 Å². The Balaban J connectivity index is 2.33. The van der Waals surface area contributed by atoms with Gasteiger partial charge in [-0.1, -0.05) is 6.07 Å². The van der Waals surface area contributed by atoms with Gasteiger partial charge in [0.2, 0.25) is 0 Å². The van der Waals surface area contributed by atoms with E-state index in [1.165, 1.54) is 0 Å². The molecule has 18 heavy (non-hydrogen) atoms. The highest BCUT2D eigenvalue weighted by atomic mass is 16.5. The molecule has 4 heteroatoms. The first-order valence-electron chi connectivity index (χ1n) is 6.00. The van der Waals surface area contributed by atoms with Crippen LogP contribution in [0.5, 0.6) is 5.75 Å². The average Bonchev–Trinajstić information content (AvgIpc) is 3.09. The van der Waals surface area contributed by atoms with E-state index in [1.54, 1.807) is 6.07 Å². The van der Waals surface area contributed by atoms with Crippen molar-refractivity contribution in [1.29, 1.82) is 0 Å².